The summed E-state index contributed by atoms with van der Waals surface area (Å²) in [6, 6.07) is 4.33. The van der Waals surface area contributed by atoms with Crippen LogP contribution in [0, 0.1) is 5.82 Å². The second-order valence-corrected chi connectivity index (χ2v) is 1.98. The molecule has 0 bridgehead atoms. The van der Waals surface area contributed by atoms with Crippen molar-refractivity contribution in [3.63, 3.8) is 0 Å². The Morgan fingerprint density at radius 3 is 1.87 bits per heavy atom. The number of alkyl halides is 3. The van der Waals surface area contributed by atoms with Gasteiger partial charge in [-0.25, -0.2) is 4.39 Å². The molecular weight excluding hydrogens is 360 g/mol. The summed E-state index contributed by atoms with van der Waals surface area (Å²) in [6.45, 7) is 0. The van der Waals surface area contributed by atoms with E-state index in [1.165, 1.54) is 12.1 Å². The quantitative estimate of drug-likeness (QED) is 0.369. The zero-order valence-corrected chi connectivity index (χ0v) is 11.8. The zero-order chi connectivity index (χ0) is 9.19. The van der Waals surface area contributed by atoms with Gasteiger partial charge in [-0.2, -0.15) is 0 Å². The topological polar surface area (TPSA) is 9.23 Å². The number of rotatable bonds is 1. The van der Waals surface area contributed by atoms with Gasteiger partial charge in [0.1, 0.15) is 0 Å². The first-order valence-corrected chi connectivity index (χ1v) is 2.99. The smallest absolute Gasteiger partial charge is 1.00 e. The van der Waals surface area contributed by atoms with E-state index in [0.29, 0.717) is 0 Å². The summed E-state index contributed by atoms with van der Waals surface area (Å²) in [7, 11) is 0. The molecule has 1 aromatic carbocycles. The molecule has 1 rings (SSSR count). The Kier molecular flexibility index (Phi) is 11.9. The van der Waals surface area contributed by atoms with Crippen molar-refractivity contribution in [3.05, 3.63) is 30.1 Å². The fraction of sp³-hybridized carbons (Fsp3) is 0.143. The number of hydrogen-bond acceptors (Lipinski definition) is 1. The zero-order valence-electron chi connectivity index (χ0n) is 7.19. The number of para-hydroxylation sites is 1. The SMILES string of the molecule is Fc1ccccc1OC(F)(F)F.[Br-].[Br-].[Mg+2]. The van der Waals surface area contributed by atoms with Crippen molar-refractivity contribution in [1.29, 1.82) is 0 Å². The van der Waals surface area contributed by atoms with Crippen molar-refractivity contribution in [3.8, 4) is 5.75 Å². The standard InChI is InChI=1S/C7H4F4O.2BrH.Mg/c8-5-3-1-2-4-6(5)12-7(9,10)11;;;/h1-4H;2*1H;/q;;;+2/p-2. The molecule has 0 heterocycles. The van der Waals surface area contributed by atoms with Crippen molar-refractivity contribution in [2.75, 3.05) is 0 Å². The first-order chi connectivity index (χ1) is 5.49. The Morgan fingerprint density at radius 1 is 1.00 bits per heavy atom. The first-order valence-electron chi connectivity index (χ1n) is 2.99. The maximum absolute atomic E-state index is 12.5. The van der Waals surface area contributed by atoms with E-state index in [2.05, 4.69) is 4.74 Å². The summed E-state index contributed by atoms with van der Waals surface area (Å²) >= 11 is 0. The molecule has 1 aromatic rings. The Morgan fingerprint density at radius 2 is 1.47 bits per heavy atom. The molecule has 0 atom stereocenters. The normalized spacial score (nSPS) is 9.07. The molecule has 0 radical (unpaired) electrons. The second kappa shape index (κ2) is 8.60. The summed E-state index contributed by atoms with van der Waals surface area (Å²) in [5.41, 5.74) is 0. The summed E-state index contributed by atoms with van der Waals surface area (Å²) in [5, 5.41) is 0. The van der Waals surface area contributed by atoms with Gasteiger partial charge in [-0.1, -0.05) is 12.1 Å². The van der Waals surface area contributed by atoms with Crippen LogP contribution in [0.25, 0.3) is 0 Å². The fourth-order valence-corrected chi connectivity index (χ4v) is 0.652. The Labute approximate surface area is 121 Å². The molecule has 1 nitrogen and oxygen atoms in total. The molecule has 8 heteroatoms. The summed E-state index contributed by atoms with van der Waals surface area (Å²) in [5.74, 6) is -1.85. The predicted octanol–water partition coefficient (Wildman–Crippen LogP) is -3.65. The molecular formula is C7H4Br2F4MgO. The Bertz CT molecular complexity index is 282. The van der Waals surface area contributed by atoms with Gasteiger partial charge in [-0.15, -0.1) is 13.2 Å². The molecule has 0 aliphatic rings. The largest absolute Gasteiger partial charge is 2.00 e. The van der Waals surface area contributed by atoms with Crippen LogP contribution < -0.4 is 38.7 Å². The van der Waals surface area contributed by atoms with Crippen LogP contribution in [0.3, 0.4) is 0 Å². The molecule has 0 aliphatic heterocycles. The van der Waals surface area contributed by atoms with Gasteiger partial charge in [0.2, 0.25) is 0 Å². The average molecular weight is 364 g/mol. The van der Waals surface area contributed by atoms with Crippen LogP contribution in [0.5, 0.6) is 5.75 Å². The van der Waals surface area contributed by atoms with Crippen LogP contribution in [-0.4, -0.2) is 29.4 Å². The van der Waals surface area contributed by atoms with Gasteiger partial charge in [-0.05, 0) is 12.1 Å². The molecule has 0 saturated heterocycles. The van der Waals surface area contributed by atoms with E-state index in [1.807, 2.05) is 0 Å². The number of ether oxygens (including phenoxy) is 1. The van der Waals surface area contributed by atoms with Crippen LogP contribution in [-0.2, 0) is 0 Å². The van der Waals surface area contributed by atoms with Gasteiger partial charge >= 0.3 is 29.4 Å². The maximum Gasteiger partial charge on any atom is 2.00 e. The second-order valence-electron chi connectivity index (χ2n) is 1.98. The van der Waals surface area contributed by atoms with Gasteiger partial charge in [0.25, 0.3) is 0 Å². The minimum Gasteiger partial charge on any atom is -1.00 e. The molecule has 0 unspecified atom stereocenters. The Balaban J connectivity index is -0.000000480. The number of halogens is 6. The third kappa shape index (κ3) is 8.29. The van der Waals surface area contributed by atoms with Gasteiger partial charge < -0.3 is 38.7 Å². The molecule has 0 N–H and O–H groups in total. The summed E-state index contributed by atoms with van der Waals surface area (Å²) < 4.78 is 50.4. The average Bonchev–Trinajstić information content (AvgIpc) is 1.91. The van der Waals surface area contributed by atoms with Gasteiger partial charge in [0.05, 0.1) is 0 Å². The summed E-state index contributed by atoms with van der Waals surface area (Å²) in [4.78, 5) is 0. The molecule has 0 spiro atoms. The maximum atomic E-state index is 12.5. The van der Waals surface area contributed by atoms with E-state index < -0.39 is 17.9 Å². The molecule has 82 valence electrons. The van der Waals surface area contributed by atoms with E-state index in [1.54, 1.807) is 0 Å². The summed E-state index contributed by atoms with van der Waals surface area (Å²) in [6.07, 6.45) is -4.85. The van der Waals surface area contributed by atoms with E-state index in [0.717, 1.165) is 12.1 Å². The first kappa shape index (κ1) is 20.8. The van der Waals surface area contributed by atoms with E-state index in [9.17, 15) is 17.6 Å². The van der Waals surface area contributed by atoms with Crippen molar-refractivity contribution >= 4 is 23.1 Å². The van der Waals surface area contributed by atoms with Crippen LogP contribution >= 0.6 is 0 Å². The molecule has 15 heavy (non-hydrogen) atoms. The van der Waals surface area contributed by atoms with Crippen LogP contribution in [0.2, 0.25) is 0 Å². The van der Waals surface area contributed by atoms with Gasteiger partial charge in [-0.3, -0.25) is 0 Å². The minimum atomic E-state index is -4.85. The van der Waals surface area contributed by atoms with Crippen LogP contribution in [0.15, 0.2) is 24.3 Å². The molecule has 0 aromatic heterocycles. The number of benzene rings is 1. The molecule has 0 fully saturated rings. The van der Waals surface area contributed by atoms with E-state index in [-0.39, 0.29) is 57.0 Å². The van der Waals surface area contributed by atoms with Crippen molar-refractivity contribution in [2.45, 2.75) is 6.36 Å². The third-order valence-corrected chi connectivity index (χ3v) is 1.06. The number of hydrogen-bond donors (Lipinski definition) is 0. The van der Waals surface area contributed by atoms with Gasteiger partial charge in [0.15, 0.2) is 11.6 Å². The van der Waals surface area contributed by atoms with Crippen LogP contribution in [0.1, 0.15) is 0 Å². The minimum absolute atomic E-state index is 0. The monoisotopic (exact) mass is 362 g/mol. The van der Waals surface area contributed by atoms with Crippen LogP contribution in [0.4, 0.5) is 17.6 Å². The van der Waals surface area contributed by atoms with E-state index >= 15 is 0 Å². The molecule has 0 amide bonds. The third-order valence-electron chi connectivity index (χ3n) is 1.06. The van der Waals surface area contributed by atoms with Crippen molar-refractivity contribution < 1.29 is 56.3 Å². The van der Waals surface area contributed by atoms with Crippen molar-refractivity contribution in [1.82, 2.24) is 0 Å². The van der Waals surface area contributed by atoms with E-state index in [4.69, 9.17) is 0 Å². The Hall–Kier alpha value is 0.466. The molecule has 0 saturated carbocycles. The van der Waals surface area contributed by atoms with Crippen molar-refractivity contribution in [2.24, 2.45) is 0 Å². The predicted molar refractivity (Wildman–Crippen MR) is 38.8 cm³/mol. The molecule has 0 aliphatic carbocycles. The fourth-order valence-electron chi connectivity index (χ4n) is 0.652. The van der Waals surface area contributed by atoms with Gasteiger partial charge in [0, 0.05) is 0 Å².